The van der Waals surface area contributed by atoms with Gasteiger partial charge in [-0.05, 0) is 29.9 Å². The summed E-state index contributed by atoms with van der Waals surface area (Å²) in [7, 11) is 0. The van der Waals surface area contributed by atoms with Gasteiger partial charge in [0.05, 0.1) is 6.10 Å². The molecule has 3 nitrogen and oxygen atoms in total. The van der Waals surface area contributed by atoms with E-state index in [0.29, 0.717) is 13.0 Å². The zero-order valence-electron chi connectivity index (χ0n) is 12.4. The van der Waals surface area contributed by atoms with E-state index in [0.717, 1.165) is 6.42 Å². The molecule has 0 aliphatic carbocycles. The molecule has 0 bridgehead atoms. The molecule has 0 saturated heterocycles. The van der Waals surface area contributed by atoms with Crippen molar-refractivity contribution in [2.45, 2.75) is 52.1 Å². The number of nitrogens with one attached hydrogen (secondary N) is 1. The molecule has 0 fully saturated rings. The average Bonchev–Trinajstić information content (AvgIpc) is 2.33. The molecule has 1 aromatic carbocycles. The standard InChI is InChI=1S/C16H25NO2/c1-12(18)11-17-15(19)10-7-13-5-8-14(9-6-13)16(2,3)4/h5-6,8-9,12,18H,7,10-11H2,1-4H3,(H,17,19). The van der Waals surface area contributed by atoms with Gasteiger partial charge in [-0.25, -0.2) is 0 Å². The van der Waals surface area contributed by atoms with Gasteiger partial charge < -0.3 is 10.4 Å². The van der Waals surface area contributed by atoms with E-state index >= 15 is 0 Å². The van der Waals surface area contributed by atoms with Crippen LogP contribution in [-0.2, 0) is 16.6 Å². The van der Waals surface area contributed by atoms with Crippen molar-refractivity contribution in [3.05, 3.63) is 35.4 Å². The lowest BCUT2D eigenvalue weighted by atomic mass is 9.86. The van der Waals surface area contributed by atoms with E-state index in [2.05, 4.69) is 50.4 Å². The SMILES string of the molecule is CC(O)CNC(=O)CCc1ccc(C(C)(C)C)cc1. The molecule has 106 valence electrons. The number of hydrogen-bond donors (Lipinski definition) is 2. The van der Waals surface area contributed by atoms with Crippen molar-refractivity contribution >= 4 is 5.91 Å². The van der Waals surface area contributed by atoms with Crippen molar-refractivity contribution in [1.29, 1.82) is 0 Å². The average molecular weight is 263 g/mol. The van der Waals surface area contributed by atoms with Crippen molar-refractivity contribution in [2.24, 2.45) is 0 Å². The second kappa shape index (κ2) is 6.71. The molecule has 0 heterocycles. The van der Waals surface area contributed by atoms with Crippen LogP contribution in [-0.4, -0.2) is 23.7 Å². The summed E-state index contributed by atoms with van der Waals surface area (Å²) in [5.74, 6) is -0.0132. The van der Waals surface area contributed by atoms with Crippen molar-refractivity contribution in [3.63, 3.8) is 0 Å². The fraction of sp³-hybridized carbons (Fsp3) is 0.562. The Morgan fingerprint density at radius 3 is 2.32 bits per heavy atom. The minimum atomic E-state index is -0.491. The Morgan fingerprint density at radius 2 is 1.84 bits per heavy atom. The van der Waals surface area contributed by atoms with Crippen LogP contribution >= 0.6 is 0 Å². The Bertz CT molecular complexity index is 402. The lowest BCUT2D eigenvalue weighted by Crippen LogP contribution is -2.30. The molecule has 1 rings (SSSR count). The monoisotopic (exact) mass is 263 g/mol. The summed E-state index contributed by atoms with van der Waals surface area (Å²) in [6, 6.07) is 8.43. The zero-order valence-corrected chi connectivity index (χ0v) is 12.4. The maximum atomic E-state index is 11.5. The zero-order chi connectivity index (χ0) is 14.5. The van der Waals surface area contributed by atoms with E-state index in [4.69, 9.17) is 5.11 Å². The minimum Gasteiger partial charge on any atom is -0.392 e. The summed E-state index contributed by atoms with van der Waals surface area (Å²) in [5, 5.41) is 11.8. The Hall–Kier alpha value is -1.35. The van der Waals surface area contributed by atoms with Crippen molar-refractivity contribution < 1.29 is 9.90 Å². The predicted molar refractivity (Wildman–Crippen MR) is 78.2 cm³/mol. The van der Waals surface area contributed by atoms with Crippen molar-refractivity contribution in [1.82, 2.24) is 5.32 Å². The van der Waals surface area contributed by atoms with Gasteiger partial charge in [0.25, 0.3) is 0 Å². The number of benzene rings is 1. The molecule has 1 unspecified atom stereocenters. The number of aryl methyl sites for hydroxylation is 1. The van der Waals surface area contributed by atoms with Crippen LogP contribution in [0.25, 0.3) is 0 Å². The Morgan fingerprint density at radius 1 is 1.26 bits per heavy atom. The topological polar surface area (TPSA) is 49.3 Å². The fourth-order valence-corrected chi connectivity index (χ4v) is 1.78. The third-order valence-electron chi connectivity index (χ3n) is 3.06. The van der Waals surface area contributed by atoms with Crippen LogP contribution in [0.15, 0.2) is 24.3 Å². The van der Waals surface area contributed by atoms with E-state index in [1.54, 1.807) is 6.92 Å². The van der Waals surface area contributed by atoms with Gasteiger partial charge in [-0.15, -0.1) is 0 Å². The molecule has 0 aliphatic heterocycles. The van der Waals surface area contributed by atoms with E-state index in [-0.39, 0.29) is 11.3 Å². The Kier molecular flexibility index (Phi) is 5.55. The number of carbonyl (C=O) groups is 1. The highest BCUT2D eigenvalue weighted by Gasteiger charge is 2.12. The maximum absolute atomic E-state index is 11.5. The van der Waals surface area contributed by atoms with E-state index in [9.17, 15) is 4.79 Å². The largest absolute Gasteiger partial charge is 0.392 e. The van der Waals surface area contributed by atoms with Gasteiger partial charge >= 0.3 is 0 Å². The van der Waals surface area contributed by atoms with Crippen LogP contribution in [0.4, 0.5) is 0 Å². The third kappa shape index (κ3) is 5.88. The maximum Gasteiger partial charge on any atom is 0.220 e. The molecule has 19 heavy (non-hydrogen) atoms. The van der Waals surface area contributed by atoms with Gasteiger partial charge in [-0.1, -0.05) is 45.0 Å². The van der Waals surface area contributed by atoms with Crippen LogP contribution < -0.4 is 5.32 Å². The highest BCUT2D eigenvalue weighted by Crippen LogP contribution is 2.22. The first kappa shape index (κ1) is 15.7. The molecular formula is C16H25NO2. The van der Waals surface area contributed by atoms with Gasteiger partial charge in [0.1, 0.15) is 0 Å². The van der Waals surface area contributed by atoms with Crippen molar-refractivity contribution in [2.75, 3.05) is 6.54 Å². The van der Waals surface area contributed by atoms with Gasteiger partial charge in [0.15, 0.2) is 0 Å². The summed E-state index contributed by atoms with van der Waals surface area (Å²) >= 11 is 0. The smallest absolute Gasteiger partial charge is 0.220 e. The minimum absolute atomic E-state index is 0.0132. The van der Waals surface area contributed by atoms with Crippen molar-refractivity contribution in [3.8, 4) is 0 Å². The summed E-state index contributed by atoms with van der Waals surface area (Å²) in [4.78, 5) is 11.5. The molecule has 1 atom stereocenters. The summed E-state index contributed by atoms with van der Waals surface area (Å²) in [6.07, 6.45) is 0.701. The molecule has 0 aromatic heterocycles. The second-order valence-electron chi connectivity index (χ2n) is 6.10. The quantitative estimate of drug-likeness (QED) is 0.857. The first-order valence-corrected chi connectivity index (χ1v) is 6.83. The van der Waals surface area contributed by atoms with Crippen LogP contribution in [0, 0.1) is 0 Å². The first-order chi connectivity index (χ1) is 8.79. The van der Waals surface area contributed by atoms with Crippen LogP contribution in [0.1, 0.15) is 45.2 Å². The number of rotatable bonds is 5. The van der Waals surface area contributed by atoms with E-state index in [1.807, 2.05) is 0 Å². The van der Waals surface area contributed by atoms with Crippen LogP contribution in [0.3, 0.4) is 0 Å². The molecule has 0 aliphatic rings. The second-order valence-corrected chi connectivity index (χ2v) is 6.10. The fourth-order valence-electron chi connectivity index (χ4n) is 1.78. The molecule has 0 radical (unpaired) electrons. The number of hydrogen-bond acceptors (Lipinski definition) is 2. The number of aliphatic hydroxyl groups is 1. The normalized spacial score (nSPS) is 13.1. The lowest BCUT2D eigenvalue weighted by Gasteiger charge is -2.19. The van der Waals surface area contributed by atoms with Gasteiger partial charge in [-0.3, -0.25) is 4.79 Å². The summed E-state index contributed by atoms with van der Waals surface area (Å²) in [6.45, 7) is 8.54. The third-order valence-corrected chi connectivity index (χ3v) is 3.06. The number of carbonyl (C=O) groups excluding carboxylic acids is 1. The first-order valence-electron chi connectivity index (χ1n) is 6.83. The van der Waals surface area contributed by atoms with E-state index < -0.39 is 6.10 Å². The highest BCUT2D eigenvalue weighted by atomic mass is 16.3. The highest BCUT2D eigenvalue weighted by molar-refractivity contribution is 5.76. The lowest BCUT2D eigenvalue weighted by molar-refractivity contribution is -0.121. The van der Waals surface area contributed by atoms with Crippen LogP contribution in [0.2, 0.25) is 0 Å². The van der Waals surface area contributed by atoms with Crippen LogP contribution in [0.5, 0.6) is 0 Å². The Balaban J connectivity index is 2.44. The molecule has 1 aromatic rings. The molecule has 3 heteroatoms. The molecular weight excluding hydrogens is 238 g/mol. The van der Waals surface area contributed by atoms with Gasteiger partial charge in [-0.2, -0.15) is 0 Å². The molecule has 0 saturated carbocycles. The summed E-state index contributed by atoms with van der Waals surface area (Å²) in [5.41, 5.74) is 2.63. The number of aliphatic hydroxyl groups excluding tert-OH is 1. The molecule has 0 spiro atoms. The van der Waals surface area contributed by atoms with Gasteiger partial charge in [0, 0.05) is 13.0 Å². The summed E-state index contributed by atoms with van der Waals surface area (Å²) < 4.78 is 0. The number of amides is 1. The predicted octanol–water partition coefficient (Wildman–Crippen LogP) is 2.41. The van der Waals surface area contributed by atoms with Gasteiger partial charge in [0.2, 0.25) is 5.91 Å². The van der Waals surface area contributed by atoms with E-state index in [1.165, 1.54) is 11.1 Å². The Labute approximate surface area is 116 Å². The molecule has 1 amide bonds. The molecule has 2 N–H and O–H groups in total.